The zero-order chi connectivity index (χ0) is 24.0. The average molecular weight is 474 g/mol. The smallest absolute Gasteiger partial charge is 0.435 e. The molecule has 2 aliphatic heterocycles. The quantitative estimate of drug-likeness (QED) is 0.611. The molecule has 3 heterocycles. The highest BCUT2D eigenvalue weighted by atomic mass is 19.4. The van der Waals surface area contributed by atoms with Gasteiger partial charge in [0.1, 0.15) is 11.7 Å². The molecular weight excluding hydrogens is 439 g/mol. The van der Waals surface area contributed by atoms with Gasteiger partial charge < -0.3 is 19.1 Å². The summed E-state index contributed by atoms with van der Waals surface area (Å²) in [5.74, 6) is 0.137. The second kappa shape index (κ2) is 9.00. The number of rotatable bonds is 4. The van der Waals surface area contributed by atoms with Crippen molar-refractivity contribution in [2.75, 3.05) is 0 Å². The fourth-order valence-corrected chi connectivity index (χ4v) is 5.28. The van der Waals surface area contributed by atoms with Crippen LogP contribution in [0.4, 0.5) is 18.0 Å². The lowest BCUT2D eigenvalue weighted by Gasteiger charge is -2.41. The third-order valence-corrected chi connectivity index (χ3v) is 6.72. The summed E-state index contributed by atoms with van der Waals surface area (Å²) in [5, 5.41) is 3.50. The normalized spacial score (nSPS) is 30.4. The molecule has 1 aromatic heterocycles. The first-order chi connectivity index (χ1) is 15.4. The molecule has 1 amide bonds. The number of fused-ring (bicyclic) bond motifs is 2. The lowest BCUT2D eigenvalue weighted by atomic mass is 9.93. The number of amides is 1. The van der Waals surface area contributed by atoms with Gasteiger partial charge in [0, 0.05) is 25.2 Å². The van der Waals surface area contributed by atoms with Crippen molar-refractivity contribution >= 4 is 6.09 Å². The predicted octanol–water partition coefficient (Wildman–Crippen LogP) is 5.08. The first kappa shape index (κ1) is 24.2. The fraction of sp³-hybridized carbons (Fsp3) is 0.826. The van der Waals surface area contributed by atoms with Crippen molar-refractivity contribution in [3.8, 4) is 5.88 Å². The summed E-state index contributed by atoms with van der Waals surface area (Å²) >= 11 is 0. The van der Waals surface area contributed by atoms with Crippen LogP contribution >= 0.6 is 0 Å². The van der Waals surface area contributed by atoms with Gasteiger partial charge in [-0.15, -0.1) is 0 Å². The van der Waals surface area contributed by atoms with Crippen LogP contribution < -0.4 is 4.74 Å². The van der Waals surface area contributed by atoms with Crippen molar-refractivity contribution in [1.29, 1.82) is 0 Å². The summed E-state index contributed by atoms with van der Waals surface area (Å²) in [7, 11) is 1.46. The van der Waals surface area contributed by atoms with Gasteiger partial charge in [-0.3, -0.25) is 0 Å². The van der Waals surface area contributed by atoms with Crippen molar-refractivity contribution < 1.29 is 32.2 Å². The number of carbonyl (C=O) groups excluding carboxylic acids is 1. The molecule has 0 spiro atoms. The Labute approximate surface area is 192 Å². The summed E-state index contributed by atoms with van der Waals surface area (Å²) < 4.78 is 57.5. The summed E-state index contributed by atoms with van der Waals surface area (Å²) in [5.41, 5.74) is -1.45. The predicted molar refractivity (Wildman–Crippen MR) is 114 cm³/mol. The third kappa shape index (κ3) is 5.75. The summed E-state index contributed by atoms with van der Waals surface area (Å²) in [4.78, 5) is 14.5. The zero-order valence-electron chi connectivity index (χ0n) is 19.7. The highest BCUT2D eigenvalue weighted by Gasteiger charge is 2.46. The summed E-state index contributed by atoms with van der Waals surface area (Å²) in [6.07, 6.45) is 2.03. The molecule has 33 heavy (non-hydrogen) atoms. The molecule has 1 aliphatic carbocycles. The first-order valence-electron chi connectivity index (χ1n) is 11.8. The van der Waals surface area contributed by atoms with E-state index in [9.17, 15) is 18.0 Å². The zero-order valence-corrected chi connectivity index (χ0v) is 19.7. The topological polar surface area (TPSA) is 65.8 Å². The van der Waals surface area contributed by atoms with Gasteiger partial charge in [0.25, 0.3) is 0 Å². The van der Waals surface area contributed by atoms with E-state index < -0.39 is 17.5 Å². The van der Waals surface area contributed by atoms with E-state index in [1.807, 2.05) is 25.7 Å². The third-order valence-electron chi connectivity index (χ3n) is 6.72. The number of aryl methyl sites for hydroxylation is 1. The minimum absolute atomic E-state index is 0.111. The number of carbonyl (C=O) groups is 1. The van der Waals surface area contributed by atoms with Crippen molar-refractivity contribution in [3.63, 3.8) is 0 Å². The van der Waals surface area contributed by atoms with Crippen LogP contribution in [0.3, 0.4) is 0 Å². The molecule has 1 aromatic rings. The van der Waals surface area contributed by atoms with E-state index in [2.05, 4.69) is 5.10 Å². The second-order valence-electron chi connectivity index (χ2n) is 10.5. The molecule has 0 N–H and O–H groups in total. The summed E-state index contributed by atoms with van der Waals surface area (Å²) in [6.45, 7) is 5.64. The van der Waals surface area contributed by atoms with Gasteiger partial charge >= 0.3 is 12.3 Å². The second-order valence-corrected chi connectivity index (χ2v) is 10.5. The SMILES string of the molecule is Cn1nc(C(F)(F)F)cc1O[C@H]1CC[C@H](O[C@@H]2C[C@H]3CC[C@@H](C2)N3C(=O)OC(C)(C)C)CC1. The molecule has 2 saturated heterocycles. The van der Waals surface area contributed by atoms with Gasteiger partial charge in [-0.1, -0.05) is 0 Å². The molecule has 10 heteroatoms. The summed E-state index contributed by atoms with van der Waals surface area (Å²) in [6, 6.07) is 1.28. The number of halogens is 3. The Morgan fingerprint density at radius 1 is 0.970 bits per heavy atom. The number of ether oxygens (including phenoxy) is 3. The van der Waals surface area contributed by atoms with E-state index in [0.717, 1.165) is 62.1 Å². The number of alkyl halides is 3. The van der Waals surface area contributed by atoms with Gasteiger partial charge in [0.15, 0.2) is 5.69 Å². The van der Waals surface area contributed by atoms with Gasteiger partial charge in [-0.25, -0.2) is 9.48 Å². The van der Waals surface area contributed by atoms with Crippen LogP contribution in [0.25, 0.3) is 0 Å². The van der Waals surface area contributed by atoms with Crippen LogP contribution in [-0.2, 0) is 22.7 Å². The van der Waals surface area contributed by atoms with E-state index >= 15 is 0 Å². The number of hydrogen-bond acceptors (Lipinski definition) is 5. The molecule has 0 unspecified atom stereocenters. The molecule has 2 bridgehead atoms. The van der Waals surface area contributed by atoms with Gasteiger partial charge in [-0.05, 0) is 72.1 Å². The van der Waals surface area contributed by atoms with Crippen LogP contribution in [0.2, 0.25) is 0 Å². The van der Waals surface area contributed by atoms with Crippen LogP contribution in [0.1, 0.15) is 77.8 Å². The molecule has 3 atom stereocenters. The van der Waals surface area contributed by atoms with Gasteiger partial charge in [0.2, 0.25) is 5.88 Å². The molecule has 3 aliphatic rings. The standard InChI is InChI=1S/C23H34F3N3O4/c1-22(2,3)33-21(30)29-14-5-6-15(29)12-18(11-14)31-16-7-9-17(10-8-16)32-20-13-19(23(24,25)26)27-28(20)4/h13-18H,5-12H2,1-4H3/t14-,15+,16-,17-,18-. The average Bonchev–Trinajstić information content (AvgIpc) is 3.19. The number of aromatic nitrogens is 2. The van der Waals surface area contributed by atoms with Gasteiger partial charge in [-0.2, -0.15) is 18.3 Å². The molecule has 0 radical (unpaired) electrons. The van der Waals surface area contributed by atoms with Crippen LogP contribution in [0.5, 0.6) is 5.88 Å². The fourth-order valence-electron chi connectivity index (χ4n) is 5.28. The number of nitrogens with zero attached hydrogens (tertiary/aromatic N) is 3. The Morgan fingerprint density at radius 2 is 1.55 bits per heavy atom. The number of piperidine rings is 1. The number of hydrogen-bond donors (Lipinski definition) is 0. The highest BCUT2D eigenvalue weighted by Crippen LogP contribution is 2.39. The molecule has 3 fully saturated rings. The van der Waals surface area contributed by atoms with Crippen LogP contribution in [-0.4, -0.2) is 56.8 Å². The monoisotopic (exact) mass is 473 g/mol. The minimum Gasteiger partial charge on any atom is -0.475 e. The minimum atomic E-state index is -4.48. The molecule has 186 valence electrons. The Morgan fingerprint density at radius 3 is 2.06 bits per heavy atom. The lowest BCUT2D eigenvalue weighted by molar-refractivity contribution is -0.141. The molecule has 4 rings (SSSR count). The van der Waals surface area contributed by atoms with E-state index in [4.69, 9.17) is 14.2 Å². The maximum absolute atomic E-state index is 12.9. The highest BCUT2D eigenvalue weighted by molar-refractivity contribution is 5.69. The molecular formula is C23H34F3N3O4. The van der Waals surface area contributed by atoms with Crippen molar-refractivity contribution in [3.05, 3.63) is 11.8 Å². The van der Waals surface area contributed by atoms with Crippen molar-refractivity contribution in [1.82, 2.24) is 14.7 Å². The lowest BCUT2D eigenvalue weighted by Crippen LogP contribution is -2.50. The maximum atomic E-state index is 12.9. The van der Waals surface area contributed by atoms with Crippen molar-refractivity contribution in [2.45, 2.75) is 114 Å². The largest absolute Gasteiger partial charge is 0.475 e. The maximum Gasteiger partial charge on any atom is 0.435 e. The van der Waals surface area contributed by atoms with E-state index in [0.29, 0.717) is 0 Å². The van der Waals surface area contributed by atoms with Crippen LogP contribution in [0.15, 0.2) is 6.07 Å². The van der Waals surface area contributed by atoms with E-state index in [-0.39, 0.29) is 42.4 Å². The molecule has 0 aromatic carbocycles. The molecule has 1 saturated carbocycles. The van der Waals surface area contributed by atoms with Crippen LogP contribution in [0, 0.1) is 0 Å². The van der Waals surface area contributed by atoms with E-state index in [1.54, 1.807) is 0 Å². The Bertz CT molecular complexity index is 829. The first-order valence-corrected chi connectivity index (χ1v) is 11.8. The Kier molecular flexibility index (Phi) is 6.59. The Balaban J connectivity index is 1.24. The van der Waals surface area contributed by atoms with E-state index in [1.165, 1.54) is 7.05 Å². The Hall–Kier alpha value is -1.97. The van der Waals surface area contributed by atoms with Gasteiger partial charge in [0.05, 0.1) is 12.2 Å². The molecule has 7 nitrogen and oxygen atoms in total. The van der Waals surface area contributed by atoms with Crippen molar-refractivity contribution in [2.24, 2.45) is 7.05 Å².